The van der Waals surface area contributed by atoms with E-state index in [2.05, 4.69) is 30.6 Å². The SMILES string of the molecule is Cc1ccc(Nc2nc(Nc3ccc(F)cc3)c3nccnc3n2)cc1Cl. The van der Waals surface area contributed by atoms with Gasteiger partial charge in [-0.2, -0.15) is 9.97 Å². The standard InChI is InChI=1S/C19H14ClFN6/c1-11-2-5-14(10-15(11)20)25-19-26-17-16(22-8-9-23-17)18(27-19)24-13-6-3-12(21)4-7-13/h2-10H,1H3,(H2,23,24,25,26,27). The van der Waals surface area contributed by atoms with Crippen molar-refractivity contribution in [2.24, 2.45) is 0 Å². The maximum Gasteiger partial charge on any atom is 0.231 e. The summed E-state index contributed by atoms with van der Waals surface area (Å²) in [5.41, 5.74) is 3.34. The number of halogens is 2. The van der Waals surface area contributed by atoms with Crippen LogP contribution in [0.4, 0.5) is 27.5 Å². The van der Waals surface area contributed by atoms with Crippen LogP contribution >= 0.6 is 11.6 Å². The number of nitrogens with one attached hydrogen (secondary N) is 2. The first-order valence-corrected chi connectivity index (χ1v) is 8.51. The topological polar surface area (TPSA) is 75.6 Å². The lowest BCUT2D eigenvalue weighted by Gasteiger charge is -2.11. The van der Waals surface area contributed by atoms with Crippen LogP contribution in [0.1, 0.15) is 5.56 Å². The summed E-state index contributed by atoms with van der Waals surface area (Å²) < 4.78 is 13.1. The van der Waals surface area contributed by atoms with Crippen LogP contribution in [0, 0.1) is 12.7 Å². The zero-order chi connectivity index (χ0) is 18.8. The molecule has 0 amide bonds. The molecular weight excluding hydrogens is 367 g/mol. The molecule has 2 heterocycles. The number of fused-ring (bicyclic) bond motifs is 1. The number of hydrogen-bond donors (Lipinski definition) is 2. The number of benzene rings is 2. The Labute approximate surface area is 159 Å². The third-order valence-electron chi connectivity index (χ3n) is 3.87. The van der Waals surface area contributed by atoms with Crippen LogP contribution in [0.15, 0.2) is 54.9 Å². The summed E-state index contributed by atoms with van der Waals surface area (Å²) >= 11 is 6.18. The second-order valence-electron chi connectivity index (χ2n) is 5.85. The quantitative estimate of drug-likeness (QED) is 0.518. The molecule has 0 atom stereocenters. The van der Waals surface area contributed by atoms with Gasteiger partial charge in [0, 0.05) is 28.8 Å². The van der Waals surface area contributed by atoms with Gasteiger partial charge in [-0.3, -0.25) is 0 Å². The van der Waals surface area contributed by atoms with Gasteiger partial charge in [0.05, 0.1) is 0 Å². The van der Waals surface area contributed by atoms with E-state index in [1.165, 1.54) is 12.1 Å². The molecule has 8 heteroatoms. The lowest BCUT2D eigenvalue weighted by atomic mass is 10.2. The molecule has 0 saturated carbocycles. The zero-order valence-electron chi connectivity index (χ0n) is 14.2. The van der Waals surface area contributed by atoms with Crippen molar-refractivity contribution in [3.05, 3.63) is 71.3 Å². The molecule has 0 aliphatic rings. The van der Waals surface area contributed by atoms with Crippen molar-refractivity contribution in [3.8, 4) is 0 Å². The summed E-state index contributed by atoms with van der Waals surface area (Å²) in [5, 5.41) is 6.90. The predicted octanol–water partition coefficient (Wildman–Crippen LogP) is 5.01. The van der Waals surface area contributed by atoms with Crippen LogP contribution in [0.5, 0.6) is 0 Å². The van der Waals surface area contributed by atoms with Crippen molar-refractivity contribution in [2.75, 3.05) is 10.6 Å². The van der Waals surface area contributed by atoms with E-state index >= 15 is 0 Å². The Kier molecular flexibility index (Phi) is 4.52. The molecule has 2 aromatic carbocycles. The van der Waals surface area contributed by atoms with Gasteiger partial charge in [-0.1, -0.05) is 17.7 Å². The van der Waals surface area contributed by atoms with E-state index < -0.39 is 0 Å². The first-order chi connectivity index (χ1) is 13.1. The third kappa shape index (κ3) is 3.78. The maximum atomic E-state index is 13.1. The summed E-state index contributed by atoms with van der Waals surface area (Å²) in [6, 6.07) is 11.6. The first kappa shape index (κ1) is 17.1. The summed E-state index contributed by atoms with van der Waals surface area (Å²) in [5.74, 6) is 0.486. The van der Waals surface area contributed by atoms with E-state index in [4.69, 9.17) is 11.6 Å². The van der Waals surface area contributed by atoms with Crippen molar-refractivity contribution < 1.29 is 4.39 Å². The van der Waals surface area contributed by atoms with Gasteiger partial charge in [0.1, 0.15) is 5.82 Å². The highest BCUT2D eigenvalue weighted by atomic mass is 35.5. The van der Waals surface area contributed by atoms with E-state index in [1.54, 1.807) is 30.6 Å². The molecule has 2 aromatic heterocycles. The summed E-state index contributed by atoms with van der Waals surface area (Å²) in [7, 11) is 0. The molecule has 0 bridgehead atoms. The van der Waals surface area contributed by atoms with Crippen LogP contribution in [-0.2, 0) is 0 Å². The van der Waals surface area contributed by atoms with E-state index in [0.717, 1.165) is 11.3 Å². The Morgan fingerprint density at radius 3 is 2.41 bits per heavy atom. The number of hydrogen-bond acceptors (Lipinski definition) is 6. The second-order valence-corrected chi connectivity index (χ2v) is 6.25. The van der Waals surface area contributed by atoms with Crippen LogP contribution in [0.25, 0.3) is 11.2 Å². The minimum atomic E-state index is -0.313. The largest absolute Gasteiger partial charge is 0.338 e. The van der Waals surface area contributed by atoms with Crippen LogP contribution in [0.2, 0.25) is 5.02 Å². The van der Waals surface area contributed by atoms with Gasteiger partial charge in [-0.05, 0) is 48.9 Å². The summed E-state index contributed by atoms with van der Waals surface area (Å²) in [4.78, 5) is 17.4. The molecule has 0 saturated heterocycles. The van der Waals surface area contributed by atoms with Gasteiger partial charge in [0.25, 0.3) is 0 Å². The highest BCUT2D eigenvalue weighted by molar-refractivity contribution is 6.31. The second kappa shape index (κ2) is 7.13. The highest BCUT2D eigenvalue weighted by Gasteiger charge is 2.11. The minimum Gasteiger partial charge on any atom is -0.338 e. The monoisotopic (exact) mass is 380 g/mol. The van der Waals surface area contributed by atoms with Gasteiger partial charge in [-0.15, -0.1) is 0 Å². The average Bonchev–Trinajstić information content (AvgIpc) is 2.67. The molecule has 4 rings (SSSR count). The number of nitrogens with zero attached hydrogens (tertiary/aromatic N) is 4. The Bertz CT molecular complexity index is 1120. The smallest absolute Gasteiger partial charge is 0.231 e. The van der Waals surface area contributed by atoms with Crippen LogP contribution < -0.4 is 10.6 Å². The fraction of sp³-hybridized carbons (Fsp3) is 0.0526. The van der Waals surface area contributed by atoms with Gasteiger partial charge in [0.15, 0.2) is 17.0 Å². The molecule has 0 fully saturated rings. The number of aromatic nitrogens is 4. The van der Waals surface area contributed by atoms with Crippen molar-refractivity contribution >= 4 is 45.9 Å². The number of rotatable bonds is 4. The fourth-order valence-electron chi connectivity index (χ4n) is 2.48. The van der Waals surface area contributed by atoms with E-state index in [0.29, 0.717) is 33.6 Å². The zero-order valence-corrected chi connectivity index (χ0v) is 15.0. The Morgan fingerprint density at radius 1 is 0.889 bits per heavy atom. The first-order valence-electron chi connectivity index (χ1n) is 8.13. The molecule has 0 aliphatic heterocycles. The maximum absolute atomic E-state index is 13.1. The van der Waals surface area contributed by atoms with Crippen LogP contribution in [0.3, 0.4) is 0 Å². The molecule has 0 spiro atoms. The van der Waals surface area contributed by atoms with Gasteiger partial charge in [0.2, 0.25) is 5.95 Å². The van der Waals surface area contributed by atoms with Crippen molar-refractivity contribution in [3.63, 3.8) is 0 Å². The van der Waals surface area contributed by atoms with E-state index in [1.807, 2.05) is 19.1 Å². The fourth-order valence-corrected chi connectivity index (χ4v) is 2.66. The van der Waals surface area contributed by atoms with Gasteiger partial charge in [-0.25, -0.2) is 14.4 Å². The predicted molar refractivity (Wildman–Crippen MR) is 104 cm³/mol. The van der Waals surface area contributed by atoms with Crippen molar-refractivity contribution in [1.82, 2.24) is 19.9 Å². The summed E-state index contributed by atoms with van der Waals surface area (Å²) in [6.07, 6.45) is 3.12. The molecule has 0 radical (unpaired) electrons. The van der Waals surface area contributed by atoms with E-state index in [9.17, 15) is 4.39 Å². The molecule has 0 unspecified atom stereocenters. The minimum absolute atomic E-state index is 0.313. The molecule has 6 nitrogen and oxygen atoms in total. The van der Waals surface area contributed by atoms with Crippen LogP contribution in [-0.4, -0.2) is 19.9 Å². The lowest BCUT2D eigenvalue weighted by Crippen LogP contribution is -2.04. The number of aryl methyl sites for hydroxylation is 1. The molecule has 134 valence electrons. The molecule has 0 aliphatic carbocycles. The van der Waals surface area contributed by atoms with Gasteiger partial charge >= 0.3 is 0 Å². The molecule has 2 N–H and O–H groups in total. The van der Waals surface area contributed by atoms with Gasteiger partial charge < -0.3 is 10.6 Å². The molecule has 27 heavy (non-hydrogen) atoms. The van der Waals surface area contributed by atoms with E-state index in [-0.39, 0.29) is 5.82 Å². The summed E-state index contributed by atoms with van der Waals surface area (Å²) in [6.45, 7) is 1.93. The highest BCUT2D eigenvalue weighted by Crippen LogP contribution is 2.26. The average molecular weight is 381 g/mol. The Balaban J connectivity index is 1.73. The third-order valence-corrected chi connectivity index (χ3v) is 4.27. The van der Waals surface area contributed by atoms with Crippen molar-refractivity contribution in [1.29, 1.82) is 0 Å². The Hall–Kier alpha value is -3.32. The number of anilines is 4. The molecular formula is C19H14ClFN6. The normalized spacial score (nSPS) is 10.8. The molecule has 4 aromatic rings. The Morgan fingerprint density at radius 2 is 1.63 bits per heavy atom. The van der Waals surface area contributed by atoms with Crippen molar-refractivity contribution in [2.45, 2.75) is 6.92 Å². The lowest BCUT2D eigenvalue weighted by molar-refractivity contribution is 0.628.